The number of urea groups is 1. The first-order valence-corrected chi connectivity index (χ1v) is 8.39. The lowest BCUT2D eigenvalue weighted by Crippen LogP contribution is -2.36. The molecular weight excluding hydrogens is 318 g/mol. The van der Waals surface area contributed by atoms with E-state index in [2.05, 4.69) is 10.6 Å². The second-order valence-corrected chi connectivity index (χ2v) is 5.86. The Bertz CT molecular complexity index is 642. The van der Waals surface area contributed by atoms with Crippen molar-refractivity contribution in [3.8, 4) is 0 Å². The summed E-state index contributed by atoms with van der Waals surface area (Å²) in [7, 11) is 0. The van der Waals surface area contributed by atoms with Gasteiger partial charge in [-0.25, -0.2) is 13.6 Å². The van der Waals surface area contributed by atoms with Gasteiger partial charge in [-0.1, -0.05) is 12.1 Å². The Morgan fingerprint density at radius 2 is 1.65 bits per heavy atom. The van der Waals surface area contributed by atoms with Crippen molar-refractivity contribution < 1.29 is 13.6 Å². The zero-order valence-corrected chi connectivity index (χ0v) is 13.6. The van der Waals surface area contributed by atoms with Crippen LogP contribution in [0.15, 0.2) is 47.4 Å². The summed E-state index contributed by atoms with van der Waals surface area (Å²) >= 11 is 1.66. The van der Waals surface area contributed by atoms with Crippen molar-refractivity contribution in [1.82, 2.24) is 10.6 Å². The molecule has 0 saturated carbocycles. The predicted octanol–water partition coefficient (Wildman–Crippen LogP) is 3.73. The summed E-state index contributed by atoms with van der Waals surface area (Å²) in [6.45, 7) is 0.731. The van der Waals surface area contributed by atoms with Crippen molar-refractivity contribution in [2.75, 3.05) is 12.8 Å². The molecule has 0 saturated heterocycles. The smallest absolute Gasteiger partial charge is 0.315 e. The first-order chi connectivity index (χ1) is 11.1. The molecule has 0 atom stereocenters. The standard InChI is InChI=1S/C17H18F2N2OS/c1-23-16-4-2-12(3-5-16)11-21-17(22)20-7-6-13-8-14(18)10-15(19)9-13/h2-5,8-10H,6-7,11H2,1H3,(H2,20,21,22). The van der Waals surface area contributed by atoms with E-state index in [0.29, 0.717) is 25.1 Å². The Morgan fingerprint density at radius 1 is 1.00 bits per heavy atom. The van der Waals surface area contributed by atoms with Crippen LogP contribution in [0, 0.1) is 11.6 Å². The van der Waals surface area contributed by atoms with Crippen molar-refractivity contribution in [3.05, 3.63) is 65.2 Å². The van der Waals surface area contributed by atoms with Crippen molar-refractivity contribution in [2.45, 2.75) is 17.9 Å². The number of benzene rings is 2. The van der Waals surface area contributed by atoms with Crippen LogP contribution in [-0.4, -0.2) is 18.8 Å². The normalized spacial score (nSPS) is 10.4. The average Bonchev–Trinajstić information content (AvgIpc) is 2.52. The lowest BCUT2D eigenvalue weighted by Gasteiger charge is -2.08. The van der Waals surface area contributed by atoms with Crippen LogP contribution < -0.4 is 10.6 Å². The number of thioether (sulfide) groups is 1. The molecule has 0 bridgehead atoms. The fraction of sp³-hybridized carbons (Fsp3) is 0.235. The predicted molar refractivity (Wildman–Crippen MR) is 88.5 cm³/mol. The van der Waals surface area contributed by atoms with Crippen LogP contribution in [0.2, 0.25) is 0 Å². The Morgan fingerprint density at radius 3 is 2.26 bits per heavy atom. The highest BCUT2D eigenvalue weighted by Gasteiger charge is 2.03. The van der Waals surface area contributed by atoms with Gasteiger partial charge >= 0.3 is 6.03 Å². The first-order valence-electron chi connectivity index (χ1n) is 7.16. The lowest BCUT2D eigenvalue weighted by molar-refractivity contribution is 0.240. The Balaban J connectivity index is 1.72. The SMILES string of the molecule is CSc1ccc(CNC(=O)NCCc2cc(F)cc(F)c2)cc1. The molecule has 0 aromatic heterocycles. The molecular formula is C17H18F2N2OS. The molecule has 2 aromatic rings. The fourth-order valence-electron chi connectivity index (χ4n) is 2.06. The van der Waals surface area contributed by atoms with Gasteiger partial charge in [-0.15, -0.1) is 11.8 Å². The van der Waals surface area contributed by atoms with Crippen LogP contribution >= 0.6 is 11.8 Å². The first kappa shape index (κ1) is 17.3. The van der Waals surface area contributed by atoms with E-state index in [4.69, 9.17) is 0 Å². The highest BCUT2D eigenvalue weighted by atomic mass is 32.2. The fourth-order valence-corrected chi connectivity index (χ4v) is 2.47. The Kier molecular flexibility index (Phi) is 6.40. The molecule has 23 heavy (non-hydrogen) atoms. The molecule has 2 rings (SSSR count). The minimum absolute atomic E-state index is 0.306. The number of carbonyl (C=O) groups is 1. The molecule has 3 nitrogen and oxygen atoms in total. The monoisotopic (exact) mass is 336 g/mol. The molecule has 0 unspecified atom stereocenters. The average molecular weight is 336 g/mol. The third-order valence-electron chi connectivity index (χ3n) is 3.23. The summed E-state index contributed by atoms with van der Waals surface area (Å²) in [4.78, 5) is 12.9. The van der Waals surface area contributed by atoms with Gasteiger partial charge in [0, 0.05) is 24.1 Å². The molecule has 2 aromatic carbocycles. The molecule has 0 aliphatic carbocycles. The van der Waals surface area contributed by atoms with Crippen molar-refractivity contribution in [2.24, 2.45) is 0 Å². The molecule has 122 valence electrons. The summed E-state index contributed by atoms with van der Waals surface area (Å²) in [6.07, 6.45) is 2.37. The molecule has 2 N–H and O–H groups in total. The minimum atomic E-state index is -0.613. The quantitative estimate of drug-likeness (QED) is 0.789. The number of hydrogen-bond donors (Lipinski definition) is 2. The number of carbonyl (C=O) groups excluding carboxylic acids is 1. The van der Waals surface area contributed by atoms with E-state index in [1.807, 2.05) is 30.5 Å². The van der Waals surface area contributed by atoms with Gasteiger partial charge in [0.05, 0.1) is 0 Å². The van der Waals surface area contributed by atoms with Gasteiger partial charge in [0.25, 0.3) is 0 Å². The highest BCUT2D eigenvalue weighted by Crippen LogP contribution is 2.14. The van der Waals surface area contributed by atoms with Gasteiger partial charge in [0.2, 0.25) is 0 Å². The van der Waals surface area contributed by atoms with Gasteiger partial charge in [0.1, 0.15) is 11.6 Å². The van der Waals surface area contributed by atoms with Crippen LogP contribution in [-0.2, 0) is 13.0 Å². The largest absolute Gasteiger partial charge is 0.338 e. The second-order valence-electron chi connectivity index (χ2n) is 4.99. The van der Waals surface area contributed by atoms with E-state index >= 15 is 0 Å². The maximum absolute atomic E-state index is 13.0. The molecule has 0 radical (unpaired) electrons. The molecule has 0 heterocycles. The molecule has 0 fully saturated rings. The Hall–Kier alpha value is -2.08. The van der Waals surface area contributed by atoms with Crippen molar-refractivity contribution in [1.29, 1.82) is 0 Å². The molecule has 0 aliphatic heterocycles. The van der Waals surface area contributed by atoms with E-state index in [-0.39, 0.29) is 6.03 Å². The molecule has 2 amide bonds. The summed E-state index contributed by atoms with van der Waals surface area (Å²) < 4.78 is 26.1. The molecule has 6 heteroatoms. The lowest BCUT2D eigenvalue weighted by atomic mass is 10.1. The summed E-state index contributed by atoms with van der Waals surface area (Å²) in [6, 6.07) is 11.0. The number of rotatable bonds is 6. The van der Waals surface area contributed by atoms with Crippen LogP contribution in [0.25, 0.3) is 0 Å². The van der Waals surface area contributed by atoms with E-state index in [1.165, 1.54) is 17.0 Å². The van der Waals surface area contributed by atoms with Gasteiger partial charge < -0.3 is 10.6 Å². The third-order valence-corrected chi connectivity index (χ3v) is 3.98. The second kappa shape index (κ2) is 8.53. The number of hydrogen-bond acceptors (Lipinski definition) is 2. The van der Waals surface area contributed by atoms with Gasteiger partial charge in [-0.3, -0.25) is 0 Å². The van der Waals surface area contributed by atoms with Crippen LogP contribution in [0.3, 0.4) is 0 Å². The Labute approximate surface area is 138 Å². The van der Waals surface area contributed by atoms with Gasteiger partial charge in [-0.05, 0) is 48.1 Å². The third kappa shape index (κ3) is 5.90. The number of amides is 2. The zero-order valence-electron chi connectivity index (χ0n) is 12.7. The van der Waals surface area contributed by atoms with Crippen molar-refractivity contribution in [3.63, 3.8) is 0 Å². The maximum atomic E-state index is 13.0. The highest BCUT2D eigenvalue weighted by molar-refractivity contribution is 7.98. The van der Waals surface area contributed by atoms with E-state index in [1.54, 1.807) is 11.8 Å². The van der Waals surface area contributed by atoms with Gasteiger partial charge in [0.15, 0.2) is 0 Å². The number of halogens is 2. The summed E-state index contributed by atoms with van der Waals surface area (Å²) in [5.74, 6) is -1.23. The molecule has 0 spiro atoms. The van der Waals surface area contributed by atoms with Gasteiger partial charge in [-0.2, -0.15) is 0 Å². The zero-order chi connectivity index (χ0) is 16.7. The van der Waals surface area contributed by atoms with E-state index < -0.39 is 11.6 Å². The van der Waals surface area contributed by atoms with Crippen LogP contribution in [0.1, 0.15) is 11.1 Å². The molecule has 0 aliphatic rings. The van der Waals surface area contributed by atoms with Crippen LogP contribution in [0.4, 0.5) is 13.6 Å². The van der Waals surface area contributed by atoms with Crippen LogP contribution in [0.5, 0.6) is 0 Å². The summed E-state index contributed by atoms with van der Waals surface area (Å²) in [5.41, 5.74) is 1.51. The topological polar surface area (TPSA) is 41.1 Å². The summed E-state index contributed by atoms with van der Waals surface area (Å²) in [5, 5.41) is 5.40. The maximum Gasteiger partial charge on any atom is 0.315 e. The van der Waals surface area contributed by atoms with E-state index in [0.717, 1.165) is 11.6 Å². The van der Waals surface area contributed by atoms with Crippen molar-refractivity contribution >= 4 is 17.8 Å². The minimum Gasteiger partial charge on any atom is -0.338 e. The number of nitrogens with one attached hydrogen (secondary N) is 2. The van der Waals surface area contributed by atoms with E-state index in [9.17, 15) is 13.6 Å².